The molecule has 0 radical (unpaired) electrons. The van der Waals surface area contributed by atoms with E-state index < -0.39 is 11.9 Å². The standard InChI is InChI=1S/C27H25NO7/c1-14-9-18-19(10-15(14)2)35-26-22(24(18)29)23(28(27(26)30)13-17-7-6-8-34-17)16-11-20(31-3)25(33-5)21(12-16)32-4/h6-12,23H,13H2,1-5H3/t23-/m0/s1. The van der Waals surface area contributed by atoms with E-state index in [-0.39, 0.29) is 23.3 Å². The van der Waals surface area contributed by atoms with E-state index in [0.29, 0.717) is 39.5 Å². The first-order valence-electron chi connectivity index (χ1n) is 11.1. The first kappa shape index (κ1) is 22.6. The van der Waals surface area contributed by atoms with E-state index in [9.17, 15) is 9.59 Å². The van der Waals surface area contributed by atoms with Crippen LogP contribution in [0.5, 0.6) is 17.2 Å². The van der Waals surface area contributed by atoms with Gasteiger partial charge in [0.2, 0.25) is 11.5 Å². The van der Waals surface area contributed by atoms with Crippen LogP contribution >= 0.6 is 0 Å². The van der Waals surface area contributed by atoms with Gasteiger partial charge in [-0.25, -0.2) is 0 Å². The Morgan fingerprint density at radius 2 is 1.63 bits per heavy atom. The zero-order chi connectivity index (χ0) is 24.9. The maximum absolute atomic E-state index is 13.8. The second-order valence-electron chi connectivity index (χ2n) is 8.48. The van der Waals surface area contributed by atoms with E-state index in [1.165, 1.54) is 21.3 Å². The smallest absolute Gasteiger partial charge is 0.291 e. The van der Waals surface area contributed by atoms with E-state index in [1.54, 1.807) is 41.5 Å². The van der Waals surface area contributed by atoms with Gasteiger partial charge in [-0.15, -0.1) is 0 Å². The van der Waals surface area contributed by atoms with Crippen LogP contribution in [0, 0.1) is 13.8 Å². The van der Waals surface area contributed by atoms with Crippen molar-refractivity contribution in [2.24, 2.45) is 0 Å². The lowest BCUT2D eigenvalue weighted by Crippen LogP contribution is -2.29. The van der Waals surface area contributed by atoms with Gasteiger partial charge in [-0.05, 0) is 66.9 Å². The highest BCUT2D eigenvalue weighted by atomic mass is 16.5. The molecule has 0 saturated carbocycles. The third-order valence-corrected chi connectivity index (χ3v) is 6.49. The minimum atomic E-state index is -0.751. The lowest BCUT2D eigenvalue weighted by Gasteiger charge is -2.25. The predicted molar refractivity (Wildman–Crippen MR) is 128 cm³/mol. The average molecular weight is 475 g/mol. The molecule has 5 rings (SSSR count). The van der Waals surface area contributed by atoms with E-state index in [0.717, 1.165) is 11.1 Å². The number of methoxy groups -OCH3 is 3. The van der Waals surface area contributed by atoms with Crippen molar-refractivity contribution in [3.63, 3.8) is 0 Å². The summed E-state index contributed by atoms with van der Waals surface area (Å²) in [5.74, 6) is 1.45. The van der Waals surface area contributed by atoms with Gasteiger partial charge >= 0.3 is 0 Å². The Hall–Kier alpha value is -4.20. The lowest BCUT2D eigenvalue weighted by molar-refractivity contribution is 0.0701. The molecule has 2 aromatic carbocycles. The third kappa shape index (κ3) is 3.53. The Kier molecular flexibility index (Phi) is 5.51. The molecule has 3 heterocycles. The van der Waals surface area contributed by atoms with Crippen molar-refractivity contribution in [3.8, 4) is 17.2 Å². The molecule has 180 valence electrons. The molecule has 2 aromatic heterocycles. The van der Waals surface area contributed by atoms with Crippen LogP contribution in [-0.4, -0.2) is 32.1 Å². The zero-order valence-electron chi connectivity index (χ0n) is 20.1. The van der Waals surface area contributed by atoms with Crippen molar-refractivity contribution in [1.82, 2.24) is 4.90 Å². The first-order chi connectivity index (χ1) is 16.9. The molecular formula is C27H25NO7. The topological polar surface area (TPSA) is 91.4 Å². The number of ether oxygens (including phenoxy) is 3. The van der Waals surface area contributed by atoms with Gasteiger partial charge in [0.15, 0.2) is 16.9 Å². The number of carbonyl (C=O) groups excluding carboxylic acids is 1. The number of furan rings is 1. The summed E-state index contributed by atoms with van der Waals surface area (Å²) in [4.78, 5) is 29.1. The molecule has 0 spiro atoms. The van der Waals surface area contributed by atoms with E-state index >= 15 is 0 Å². The monoisotopic (exact) mass is 475 g/mol. The fourth-order valence-corrected chi connectivity index (χ4v) is 4.61. The van der Waals surface area contributed by atoms with Crippen LogP contribution in [0.4, 0.5) is 0 Å². The maximum atomic E-state index is 13.8. The largest absolute Gasteiger partial charge is 0.493 e. The number of rotatable bonds is 6. The molecule has 4 aromatic rings. The van der Waals surface area contributed by atoms with Crippen LogP contribution < -0.4 is 19.6 Å². The Morgan fingerprint density at radius 3 is 2.23 bits per heavy atom. The number of fused-ring (bicyclic) bond motifs is 2. The third-order valence-electron chi connectivity index (χ3n) is 6.49. The molecule has 0 saturated heterocycles. The van der Waals surface area contributed by atoms with Crippen LogP contribution in [0.1, 0.15) is 44.6 Å². The molecule has 0 fully saturated rings. The molecule has 1 aliphatic heterocycles. The molecule has 0 N–H and O–H groups in total. The summed E-state index contributed by atoms with van der Waals surface area (Å²) in [6.07, 6.45) is 1.54. The van der Waals surface area contributed by atoms with Crippen molar-refractivity contribution in [1.29, 1.82) is 0 Å². The fourth-order valence-electron chi connectivity index (χ4n) is 4.61. The summed E-state index contributed by atoms with van der Waals surface area (Å²) in [5, 5.41) is 0.428. The van der Waals surface area contributed by atoms with Crippen LogP contribution in [0.2, 0.25) is 0 Å². The van der Waals surface area contributed by atoms with Crippen molar-refractivity contribution < 1.29 is 27.8 Å². The highest BCUT2D eigenvalue weighted by molar-refractivity contribution is 5.99. The molecule has 0 bridgehead atoms. The second-order valence-corrected chi connectivity index (χ2v) is 8.48. The van der Waals surface area contributed by atoms with Gasteiger partial charge in [-0.2, -0.15) is 0 Å². The summed E-state index contributed by atoms with van der Waals surface area (Å²) in [7, 11) is 4.55. The van der Waals surface area contributed by atoms with Gasteiger partial charge < -0.3 is 27.9 Å². The molecule has 0 aliphatic carbocycles. The number of benzene rings is 2. The quantitative estimate of drug-likeness (QED) is 0.397. The number of carbonyl (C=O) groups is 1. The number of aryl methyl sites for hydroxylation is 2. The van der Waals surface area contributed by atoms with Gasteiger partial charge in [0, 0.05) is 0 Å². The second kappa shape index (κ2) is 8.54. The number of hydrogen-bond donors (Lipinski definition) is 0. The normalized spacial score (nSPS) is 14.9. The zero-order valence-corrected chi connectivity index (χ0v) is 20.1. The molecule has 1 atom stereocenters. The number of nitrogens with zero attached hydrogens (tertiary/aromatic N) is 1. The van der Waals surface area contributed by atoms with Crippen molar-refractivity contribution in [2.75, 3.05) is 21.3 Å². The van der Waals surface area contributed by atoms with Gasteiger partial charge in [0.25, 0.3) is 5.91 Å². The van der Waals surface area contributed by atoms with Crippen LogP contribution in [0.25, 0.3) is 11.0 Å². The van der Waals surface area contributed by atoms with Crippen LogP contribution in [-0.2, 0) is 6.54 Å². The average Bonchev–Trinajstić information content (AvgIpc) is 3.47. The highest BCUT2D eigenvalue weighted by Crippen LogP contribution is 2.45. The van der Waals surface area contributed by atoms with E-state index in [4.69, 9.17) is 23.0 Å². The first-order valence-corrected chi connectivity index (χ1v) is 11.1. The van der Waals surface area contributed by atoms with E-state index in [1.807, 2.05) is 19.9 Å². The number of hydrogen-bond acceptors (Lipinski definition) is 7. The fraction of sp³-hybridized carbons (Fsp3) is 0.259. The van der Waals surface area contributed by atoms with Crippen molar-refractivity contribution in [3.05, 3.63) is 86.7 Å². The minimum absolute atomic E-state index is 0.0241. The molecule has 8 heteroatoms. The Morgan fingerprint density at radius 1 is 0.943 bits per heavy atom. The van der Waals surface area contributed by atoms with Gasteiger partial charge in [0.05, 0.1) is 51.1 Å². The van der Waals surface area contributed by atoms with Gasteiger partial charge in [-0.3, -0.25) is 9.59 Å². The molecule has 0 unspecified atom stereocenters. The summed E-state index contributed by atoms with van der Waals surface area (Å²) in [6, 6.07) is 9.87. The Bertz CT molecular complexity index is 1480. The van der Waals surface area contributed by atoms with Crippen molar-refractivity contribution in [2.45, 2.75) is 26.4 Å². The van der Waals surface area contributed by atoms with Crippen LogP contribution in [0.3, 0.4) is 0 Å². The Labute approximate surface area is 201 Å². The molecular weight excluding hydrogens is 450 g/mol. The Balaban J connectivity index is 1.79. The molecule has 1 amide bonds. The SMILES string of the molecule is COc1cc([C@H]2c3c(oc4cc(C)c(C)cc4c3=O)C(=O)N2Cc2ccco2)cc(OC)c1OC. The lowest BCUT2D eigenvalue weighted by atomic mass is 9.96. The molecule has 35 heavy (non-hydrogen) atoms. The molecule has 8 nitrogen and oxygen atoms in total. The summed E-state index contributed by atoms with van der Waals surface area (Å²) in [6.45, 7) is 4.02. The van der Waals surface area contributed by atoms with Gasteiger partial charge in [0.1, 0.15) is 11.3 Å². The van der Waals surface area contributed by atoms with Crippen LogP contribution in [0.15, 0.2) is 56.3 Å². The maximum Gasteiger partial charge on any atom is 0.291 e. The summed E-state index contributed by atoms with van der Waals surface area (Å²) < 4.78 is 28.1. The van der Waals surface area contributed by atoms with Gasteiger partial charge in [-0.1, -0.05) is 0 Å². The highest BCUT2D eigenvalue weighted by Gasteiger charge is 2.43. The summed E-state index contributed by atoms with van der Waals surface area (Å²) >= 11 is 0. The van der Waals surface area contributed by atoms with E-state index in [2.05, 4.69) is 0 Å². The number of amides is 1. The predicted octanol–water partition coefficient (Wildman–Crippen LogP) is 4.77. The molecule has 1 aliphatic rings. The van der Waals surface area contributed by atoms with Crippen molar-refractivity contribution >= 4 is 16.9 Å². The summed E-state index contributed by atoms with van der Waals surface area (Å²) in [5.41, 5.74) is 2.96. The minimum Gasteiger partial charge on any atom is -0.493 e.